The van der Waals surface area contributed by atoms with Crippen molar-refractivity contribution in [1.29, 1.82) is 0 Å². The van der Waals surface area contributed by atoms with Crippen molar-refractivity contribution in [2.24, 2.45) is 0 Å². The zero-order valence-electron chi connectivity index (χ0n) is 17.2. The molecule has 166 valence electrons. The molecule has 1 aliphatic rings. The van der Waals surface area contributed by atoms with Crippen LogP contribution in [0.1, 0.15) is 24.1 Å². The lowest BCUT2D eigenvalue weighted by Gasteiger charge is -2.17. The van der Waals surface area contributed by atoms with Crippen molar-refractivity contribution in [2.75, 3.05) is 12.4 Å². The number of rotatable bonds is 6. The fraction of sp³-hybridized carbons (Fsp3) is 0.389. The van der Waals surface area contributed by atoms with Gasteiger partial charge in [-0.1, -0.05) is 10.4 Å². The monoisotopic (exact) mass is 440 g/mol. The van der Waals surface area contributed by atoms with Crippen LogP contribution in [0.25, 0.3) is 22.7 Å². The molecule has 4 aromatic heterocycles. The average molecular weight is 440 g/mol. The SMILES string of the molecule is CNC(=O)[C@@H]1C[C@@H](O)[C@H](n2cnc3c(NCc4cc(C)no4)nc(-c4c[nH]nn4)nc32)O1. The van der Waals surface area contributed by atoms with Crippen LogP contribution in [-0.2, 0) is 16.1 Å². The summed E-state index contributed by atoms with van der Waals surface area (Å²) in [5.41, 5.74) is 2.04. The number of fused-ring (bicyclic) bond motifs is 1. The maximum absolute atomic E-state index is 12.0. The Bertz CT molecular complexity index is 1250. The predicted molar refractivity (Wildman–Crippen MR) is 108 cm³/mol. The third-order valence-electron chi connectivity index (χ3n) is 5.08. The fourth-order valence-corrected chi connectivity index (χ4v) is 3.55. The Labute approximate surface area is 180 Å². The third-order valence-corrected chi connectivity index (χ3v) is 5.08. The number of aliphatic hydroxyl groups is 1. The molecule has 1 saturated heterocycles. The summed E-state index contributed by atoms with van der Waals surface area (Å²) < 4.78 is 12.6. The lowest BCUT2D eigenvalue weighted by Crippen LogP contribution is -2.31. The van der Waals surface area contributed by atoms with E-state index in [0.717, 1.165) is 5.69 Å². The Hall–Kier alpha value is -3.91. The molecule has 1 amide bonds. The second kappa shape index (κ2) is 7.97. The normalized spacial score (nSPS) is 20.7. The lowest BCUT2D eigenvalue weighted by atomic mass is 10.2. The van der Waals surface area contributed by atoms with Gasteiger partial charge in [0.25, 0.3) is 0 Å². The van der Waals surface area contributed by atoms with Crippen LogP contribution in [-0.4, -0.2) is 70.4 Å². The largest absolute Gasteiger partial charge is 0.388 e. The standard InChI is InChI=1S/C18H20N10O4/c1-8-3-9(32-26-8)5-20-15-13-16(24-14(23-15)10-6-22-27-25-10)28(7-21-13)18-11(29)4-12(31-18)17(30)19-2/h3,6-7,11-12,18,29H,4-5H2,1-2H3,(H,19,30)(H,20,23,24)(H,22,25,27)/t11-,12+,18-/m1/s1. The number of carbonyl (C=O) groups is 1. The highest BCUT2D eigenvalue weighted by molar-refractivity contribution is 5.85. The zero-order chi connectivity index (χ0) is 22.2. The molecule has 4 N–H and O–H groups in total. The maximum Gasteiger partial charge on any atom is 0.249 e. The van der Waals surface area contributed by atoms with E-state index in [-0.39, 0.29) is 12.3 Å². The van der Waals surface area contributed by atoms with E-state index in [2.05, 4.69) is 46.2 Å². The zero-order valence-corrected chi connectivity index (χ0v) is 17.2. The van der Waals surface area contributed by atoms with E-state index in [1.165, 1.54) is 13.4 Å². The first-order valence-corrected chi connectivity index (χ1v) is 9.86. The number of imidazole rings is 1. The van der Waals surface area contributed by atoms with Crippen molar-refractivity contribution in [1.82, 2.24) is 45.4 Å². The van der Waals surface area contributed by atoms with Crippen LogP contribution < -0.4 is 10.6 Å². The first-order valence-electron chi connectivity index (χ1n) is 9.86. The van der Waals surface area contributed by atoms with E-state index >= 15 is 0 Å². The number of H-pyrrole nitrogens is 1. The average Bonchev–Trinajstić information content (AvgIpc) is 3.58. The Morgan fingerprint density at radius 2 is 2.28 bits per heavy atom. The predicted octanol–water partition coefficient (Wildman–Crippen LogP) is -0.0857. The molecule has 1 aliphatic heterocycles. The number of likely N-dealkylation sites (N-methyl/N-ethyl adjacent to an activating group) is 1. The van der Waals surface area contributed by atoms with Crippen LogP contribution in [0, 0.1) is 6.92 Å². The molecular weight excluding hydrogens is 420 g/mol. The Balaban J connectivity index is 1.54. The molecule has 4 aromatic rings. The quantitative estimate of drug-likeness (QED) is 0.314. The summed E-state index contributed by atoms with van der Waals surface area (Å²) in [6, 6.07) is 1.81. The van der Waals surface area contributed by atoms with Crippen molar-refractivity contribution in [2.45, 2.75) is 38.3 Å². The summed E-state index contributed by atoms with van der Waals surface area (Å²) in [5.74, 6) is 1.04. The minimum atomic E-state index is -0.922. The second-order valence-corrected chi connectivity index (χ2v) is 7.30. The molecule has 3 atom stereocenters. The topological polar surface area (TPSA) is 182 Å². The number of aromatic nitrogens is 8. The molecular formula is C18H20N10O4. The van der Waals surface area contributed by atoms with Crippen LogP contribution >= 0.6 is 0 Å². The van der Waals surface area contributed by atoms with E-state index < -0.39 is 18.4 Å². The Morgan fingerprint density at radius 3 is 3.00 bits per heavy atom. The lowest BCUT2D eigenvalue weighted by molar-refractivity contribution is -0.134. The van der Waals surface area contributed by atoms with Gasteiger partial charge in [0.2, 0.25) is 5.91 Å². The first kappa shape index (κ1) is 20.0. The molecule has 0 aliphatic carbocycles. The van der Waals surface area contributed by atoms with Crippen LogP contribution in [0.5, 0.6) is 0 Å². The Morgan fingerprint density at radius 1 is 1.41 bits per heavy atom. The molecule has 0 unspecified atom stereocenters. The number of anilines is 1. The van der Waals surface area contributed by atoms with Gasteiger partial charge >= 0.3 is 0 Å². The fourth-order valence-electron chi connectivity index (χ4n) is 3.55. The van der Waals surface area contributed by atoms with Crippen LogP contribution in [0.4, 0.5) is 5.82 Å². The summed E-state index contributed by atoms with van der Waals surface area (Å²) in [6.07, 6.45) is 0.674. The van der Waals surface area contributed by atoms with Gasteiger partial charge in [-0.25, -0.2) is 15.0 Å². The molecule has 0 aromatic carbocycles. The van der Waals surface area contributed by atoms with Gasteiger partial charge in [-0.3, -0.25) is 14.5 Å². The highest BCUT2D eigenvalue weighted by atomic mass is 16.5. The number of nitrogens with one attached hydrogen (secondary N) is 3. The molecule has 5 heterocycles. The van der Waals surface area contributed by atoms with E-state index in [0.29, 0.717) is 40.8 Å². The van der Waals surface area contributed by atoms with Crippen molar-refractivity contribution in [3.8, 4) is 11.5 Å². The number of hydrogen-bond acceptors (Lipinski definition) is 11. The minimum absolute atomic E-state index is 0.154. The van der Waals surface area contributed by atoms with Crippen molar-refractivity contribution in [3.63, 3.8) is 0 Å². The van der Waals surface area contributed by atoms with Gasteiger partial charge in [-0.15, -0.1) is 5.10 Å². The highest BCUT2D eigenvalue weighted by Crippen LogP contribution is 2.33. The van der Waals surface area contributed by atoms with Crippen molar-refractivity contribution < 1.29 is 19.2 Å². The summed E-state index contributed by atoms with van der Waals surface area (Å²) in [5, 5.41) is 30.5. The third kappa shape index (κ3) is 3.54. The van der Waals surface area contributed by atoms with E-state index in [4.69, 9.17) is 9.26 Å². The number of hydrogen-bond donors (Lipinski definition) is 4. The molecule has 14 heteroatoms. The van der Waals surface area contributed by atoms with Crippen molar-refractivity contribution in [3.05, 3.63) is 30.0 Å². The Kier molecular flexibility index (Phi) is 4.99. The summed E-state index contributed by atoms with van der Waals surface area (Å²) in [6.45, 7) is 2.15. The number of amides is 1. The van der Waals surface area contributed by atoms with Gasteiger partial charge in [0, 0.05) is 19.5 Å². The molecule has 5 rings (SSSR count). The summed E-state index contributed by atoms with van der Waals surface area (Å²) in [4.78, 5) is 25.5. The molecule has 14 nitrogen and oxygen atoms in total. The van der Waals surface area contributed by atoms with Gasteiger partial charge < -0.3 is 25.0 Å². The second-order valence-electron chi connectivity index (χ2n) is 7.30. The van der Waals surface area contributed by atoms with Crippen LogP contribution in [0.15, 0.2) is 23.1 Å². The number of aliphatic hydroxyl groups excluding tert-OH is 1. The smallest absolute Gasteiger partial charge is 0.249 e. The molecule has 32 heavy (non-hydrogen) atoms. The minimum Gasteiger partial charge on any atom is -0.388 e. The van der Waals surface area contributed by atoms with Gasteiger partial charge in [0.05, 0.1) is 24.8 Å². The van der Waals surface area contributed by atoms with E-state index in [9.17, 15) is 9.90 Å². The summed E-state index contributed by atoms with van der Waals surface area (Å²) >= 11 is 0. The molecule has 0 bridgehead atoms. The van der Waals surface area contributed by atoms with E-state index in [1.807, 2.05) is 13.0 Å². The number of nitrogens with zero attached hydrogens (tertiary/aromatic N) is 7. The molecule has 0 saturated carbocycles. The number of aromatic amines is 1. The van der Waals surface area contributed by atoms with Gasteiger partial charge in [0.15, 0.2) is 34.8 Å². The van der Waals surface area contributed by atoms with Gasteiger partial charge in [0.1, 0.15) is 17.9 Å². The molecule has 1 fully saturated rings. The number of carbonyl (C=O) groups excluding carboxylic acids is 1. The first-order chi connectivity index (χ1) is 15.5. The summed E-state index contributed by atoms with van der Waals surface area (Å²) in [7, 11) is 1.52. The van der Waals surface area contributed by atoms with Gasteiger partial charge in [-0.05, 0) is 6.92 Å². The maximum atomic E-state index is 12.0. The highest BCUT2D eigenvalue weighted by Gasteiger charge is 2.39. The van der Waals surface area contributed by atoms with E-state index in [1.54, 1.807) is 10.8 Å². The van der Waals surface area contributed by atoms with Crippen molar-refractivity contribution >= 4 is 22.9 Å². The van der Waals surface area contributed by atoms with Crippen LogP contribution in [0.2, 0.25) is 0 Å². The molecule has 0 radical (unpaired) electrons. The molecule has 0 spiro atoms. The van der Waals surface area contributed by atoms with Gasteiger partial charge in [-0.2, -0.15) is 0 Å². The van der Waals surface area contributed by atoms with Crippen LogP contribution in [0.3, 0.4) is 0 Å². The number of aryl methyl sites for hydroxylation is 1. The number of ether oxygens (including phenoxy) is 1.